The third-order valence-electron chi connectivity index (χ3n) is 1.54. The molecule has 15 heavy (non-hydrogen) atoms. The molecule has 1 aromatic heterocycles. The van der Waals surface area contributed by atoms with Crippen molar-refractivity contribution in [3.8, 4) is 0 Å². The van der Waals surface area contributed by atoms with E-state index in [4.69, 9.17) is 39.5 Å². The molecule has 0 atom stereocenters. The lowest BCUT2D eigenvalue weighted by molar-refractivity contribution is -0.140. The van der Waals surface area contributed by atoms with E-state index in [-0.39, 0.29) is 28.2 Å². The van der Waals surface area contributed by atoms with Gasteiger partial charge in [0.15, 0.2) is 0 Å². The summed E-state index contributed by atoms with van der Waals surface area (Å²) in [7, 11) is 0. The van der Waals surface area contributed by atoms with E-state index in [1.807, 2.05) is 0 Å². The average molecular weight is 270 g/mol. The number of esters is 1. The Balaban J connectivity index is 2.72. The fraction of sp³-hybridized carbons (Fsp3) is 0.375. The zero-order valence-electron chi connectivity index (χ0n) is 7.76. The molecular formula is C8H7Cl3N2O2. The zero-order chi connectivity index (χ0) is 11.4. The second-order valence-electron chi connectivity index (χ2n) is 2.64. The fourth-order valence-electron chi connectivity index (χ4n) is 0.910. The van der Waals surface area contributed by atoms with Crippen LogP contribution in [0.4, 0.5) is 0 Å². The van der Waals surface area contributed by atoms with E-state index >= 15 is 0 Å². The predicted molar refractivity (Wildman–Crippen MR) is 57.4 cm³/mol. The molecule has 0 aliphatic rings. The Morgan fingerprint density at radius 2 is 1.80 bits per heavy atom. The molecule has 0 unspecified atom stereocenters. The number of hydrogen-bond donors (Lipinski definition) is 0. The Morgan fingerprint density at radius 3 is 2.27 bits per heavy atom. The number of nitrogens with zero attached hydrogens (tertiary/aromatic N) is 2. The van der Waals surface area contributed by atoms with Gasteiger partial charge in [-0.1, -0.05) is 23.2 Å². The Bertz CT molecular complexity index is 361. The number of rotatable bonds is 3. The molecule has 1 aromatic rings. The molecule has 0 saturated heterocycles. The summed E-state index contributed by atoms with van der Waals surface area (Å²) < 4.78 is 4.74. The van der Waals surface area contributed by atoms with Crippen molar-refractivity contribution in [3.63, 3.8) is 0 Å². The van der Waals surface area contributed by atoms with Crippen molar-refractivity contribution in [1.82, 2.24) is 9.97 Å². The van der Waals surface area contributed by atoms with Gasteiger partial charge < -0.3 is 4.74 Å². The number of carbonyl (C=O) groups excluding carboxylic acids is 1. The van der Waals surface area contributed by atoms with Crippen LogP contribution in [0.15, 0.2) is 0 Å². The van der Waals surface area contributed by atoms with Gasteiger partial charge in [0.05, 0.1) is 6.61 Å². The van der Waals surface area contributed by atoms with Gasteiger partial charge in [-0.25, -0.2) is 9.97 Å². The van der Waals surface area contributed by atoms with E-state index in [9.17, 15) is 4.79 Å². The highest BCUT2D eigenvalue weighted by Gasteiger charge is 2.10. The molecule has 7 heteroatoms. The Kier molecular flexibility index (Phi) is 4.57. The Hall–Kier alpha value is -0.580. The van der Waals surface area contributed by atoms with Crippen LogP contribution >= 0.6 is 34.8 Å². The van der Waals surface area contributed by atoms with Crippen molar-refractivity contribution in [1.29, 1.82) is 0 Å². The number of halogens is 3. The van der Waals surface area contributed by atoms with Gasteiger partial charge in [0.1, 0.15) is 10.3 Å². The first-order chi connectivity index (χ1) is 7.00. The summed E-state index contributed by atoms with van der Waals surface area (Å²) >= 11 is 17.1. The van der Waals surface area contributed by atoms with Gasteiger partial charge in [-0.3, -0.25) is 4.79 Å². The lowest BCUT2D eigenvalue weighted by atomic mass is 10.2. The third-order valence-corrected chi connectivity index (χ3v) is 2.33. The van der Waals surface area contributed by atoms with Crippen LogP contribution in [0.5, 0.6) is 0 Å². The van der Waals surface area contributed by atoms with Crippen LogP contribution in [-0.2, 0) is 16.0 Å². The van der Waals surface area contributed by atoms with E-state index in [1.165, 1.54) is 6.92 Å². The minimum atomic E-state index is -0.364. The van der Waals surface area contributed by atoms with E-state index in [2.05, 4.69) is 9.97 Å². The summed E-state index contributed by atoms with van der Waals surface area (Å²) in [5.41, 5.74) is 0.518. The summed E-state index contributed by atoms with van der Waals surface area (Å²) in [4.78, 5) is 18.0. The molecule has 1 heterocycles. The Labute approximate surface area is 102 Å². The van der Waals surface area contributed by atoms with Crippen LogP contribution in [0, 0.1) is 0 Å². The van der Waals surface area contributed by atoms with Crippen molar-refractivity contribution >= 4 is 40.8 Å². The first kappa shape index (κ1) is 12.5. The molecule has 82 valence electrons. The summed E-state index contributed by atoms with van der Waals surface area (Å²) in [5.74, 6) is -0.364. The number of aromatic nitrogens is 2. The van der Waals surface area contributed by atoms with Gasteiger partial charge in [-0.05, 0) is 11.6 Å². The number of ether oxygens (including phenoxy) is 1. The third kappa shape index (κ3) is 3.81. The van der Waals surface area contributed by atoms with Crippen molar-refractivity contribution in [2.45, 2.75) is 13.3 Å². The summed E-state index contributed by atoms with van der Waals surface area (Å²) in [6.45, 7) is 1.50. The van der Waals surface area contributed by atoms with E-state index in [0.717, 1.165) is 0 Å². The van der Waals surface area contributed by atoms with Crippen molar-refractivity contribution in [3.05, 3.63) is 21.2 Å². The minimum Gasteiger partial charge on any atom is -0.466 e. The molecule has 0 bridgehead atoms. The van der Waals surface area contributed by atoms with Crippen LogP contribution < -0.4 is 0 Å². The highest BCUT2D eigenvalue weighted by Crippen LogP contribution is 2.23. The van der Waals surface area contributed by atoms with Gasteiger partial charge in [0.2, 0.25) is 5.28 Å². The van der Waals surface area contributed by atoms with Gasteiger partial charge in [0.25, 0.3) is 0 Å². The van der Waals surface area contributed by atoms with Crippen LogP contribution in [0.2, 0.25) is 15.6 Å². The highest BCUT2D eigenvalue weighted by molar-refractivity contribution is 6.36. The minimum absolute atomic E-state index is 0.0127. The maximum Gasteiger partial charge on any atom is 0.302 e. The number of carbonyl (C=O) groups is 1. The van der Waals surface area contributed by atoms with E-state index in [1.54, 1.807) is 0 Å². The largest absolute Gasteiger partial charge is 0.466 e. The zero-order valence-corrected chi connectivity index (χ0v) is 10.0. The maximum atomic E-state index is 10.5. The second kappa shape index (κ2) is 5.49. The van der Waals surface area contributed by atoms with E-state index in [0.29, 0.717) is 12.0 Å². The fourth-order valence-corrected chi connectivity index (χ4v) is 1.74. The van der Waals surface area contributed by atoms with Crippen LogP contribution in [-0.4, -0.2) is 22.5 Å². The molecule has 0 radical (unpaired) electrons. The van der Waals surface area contributed by atoms with Gasteiger partial charge in [0, 0.05) is 18.9 Å². The standard InChI is InChI=1S/C8H7Cl3N2O2/c1-4(14)15-3-2-5-6(9)12-8(11)13-7(5)10/h2-3H2,1H3. The normalized spacial score (nSPS) is 10.1. The van der Waals surface area contributed by atoms with Gasteiger partial charge in [-0.2, -0.15) is 0 Å². The van der Waals surface area contributed by atoms with Crippen LogP contribution in [0.3, 0.4) is 0 Å². The van der Waals surface area contributed by atoms with Crippen LogP contribution in [0.25, 0.3) is 0 Å². The SMILES string of the molecule is CC(=O)OCCc1c(Cl)nc(Cl)nc1Cl. The lowest BCUT2D eigenvalue weighted by Crippen LogP contribution is -2.05. The van der Waals surface area contributed by atoms with E-state index < -0.39 is 0 Å². The quantitative estimate of drug-likeness (QED) is 0.481. The topological polar surface area (TPSA) is 52.1 Å². The maximum absolute atomic E-state index is 10.5. The smallest absolute Gasteiger partial charge is 0.302 e. The molecule has 0 aliphatic carbocycles. The van der Waals surface area contributed by atoms with Crippen molar-refractivity contribution in [2.24, 2.45) is 0 Å². The monoisotopic (exact) mass is 268 g/mol. The summed E-state index contributed by atoms with van der Waals surface area (Å²) in [6, 6.07) is 0. The van der Waals surface area contributed by atoms with Crippen molar-refractivity contribution < 1.29 is 9.53 Å². The first-order valence-electron chi connectivity index (χ1n) is 4.01. The summed E-state index contributed by atoms with van der Waals surface area (Å²) in [6.07, 6.45) is 0.356. The Morgan fingerprint density at radius 1 is 1.27 bits per heavy atom. The molecule has 0 aromatic carbocycles. The summed E-state index contributed by atoms with van der Waals surface area (Å²) in [5, 5.41) is 0.334. The molecule has 0 saturated carbocycles. The molecule has 0 fully saturated rings. The molecule has 0 amide bonds. The second-order valence-corrected chi connectivity index (χ2v) is 3.70. The van der Waals surface area contributed by atoms with Gasteiger partial charge in [-0.15, -0.1) is 0 Å². The first-order valence-corrected chi connectivity index (χ1v) is 5.15. The van der Waals surface area contributed by atoms with Crippen LogP contribution in [0.1, 0.15) is 12.5 Å². The molecule has 4 nitrogen and oxygen atoms in total. The lowest BCUT2D eigenvalue weighted by Gasteiger charge is -2.05. The predicted octanol–water partition coefficient (Wildman–Crippen LogP) is 2.54. The highest BCUT2D eigenvalue weighted by atomic mass is 35.5. The molecule has 0 spiro atoms. The van der Waals surface area contributed by atoms with Crippen molar-refractivity contribution in [2.75, 3.05) is 6.61 Å². The number of hydrogen-bond acceptors (Lipinski definition) is 4. The molecule has 1 rings (SSSR count). The molecule has 0 aliphatic heterocycles. The molecule has 0 N–H and O–H groups in total. The van der Waals surface area contributed by atoms with Gasteiger partial charge >= 0.3 is 5.97 Å². The average Bonchev–Trinajstić information content (AvgIpc) is 2.08. The molecular weight excluding hydrogens is 262 g/mol.